The van der Waals surface area contributed by atoms with E-state index in [2.05, 4.69) is 17.0 Å². The highest BCUT2D eigenvalue weighted by atomic mass is 32.2. The molecule has 0 N–H and O–H groups in total. The smallest absolute Gasteiger partial charge is 0.283 e. The number of hydrogen-bond donors (Lipinski definition) is 1. The van der Waals surface area contributed by atoms with Crippen LogP contribution in [-0.4, -0.2) is 20.4 Å². The number of rotatable bonds is 2. The van der Waals surface area contributed by atoms with E-state index in [1.165, 1.54) is 12.1 Å². The molecule has 0 radical (unpaired) electrons. The summed E-state index contributed by atoms with van der Waals surface area (Å²) in [6.45, 7) is 0. The summed E-state index contributed by atoms with van der Waals surface area (Å²) < 4.78 is 28.0. The van der Waals surface area contributed by atoms with E-state index in [9.17, 15) is 13.2 Å². The second-order valence-corrected chi connectivity index (χ2v) is 6.32. The minimum Gasteiger partial charge on any atom is -0.298 e. The molecule has 1 aliphatic heterocycles. The fourth-order valence-electron chi connectivity index (χ4n) is 2.19. The predicted octanol–water partition coefficient (Wildman–Crippen LogP) is 2.33. The number of carbonyl (C=O) groups is 1. The van der Waals surface area contributed by atoms with Crippen molar-refractivity contribution in [3.05, 3.63) is 59.2 Å². The zero-order valence-electron chi connectivity index (χ0n) is 10.1. The molecule has 20 heavy (non-hydrogen) atoms. The van der Waals surface area contributed by atoms with Crippen LogP contribution in [0.5, 0.6) is 0 Å². The van der Waals surface area contributed by atoms with Gasteiger partial charge in [-0.1, -0.05) is 30.3 Å². The normalized spacial score (nSPS) is 15.6. The first-order chi connectivity index (χ1) is 9.54. The fraction of sp³-hybridized carbons (Fsp3) is 0. The van der Waals surface area contributed by atoms with Crippen molar-refractivity contribution in [1.29, 1.82) is 0 Å². The average molecular weight is 303 g/mol. The molecule has 0 fully saturated rings. The van der Waals surface area contributed by atoms with Gasteiger partial charge < -0.3 is 0 Å². The molecule has 0 amide bonds. The van der Waals surface area contributed by atoms with Crippen LogP contribution < -0.4 is 0 Å². The molecule has 6 heteroatoms. The standard InChI is InChI=1S/C14H9NO3S2/c16-8-9-4-3-7-12-13(9)14(15-20(12,17)18)10-5-1-2-6-11(10)19/h1-8,19H. The number of fused-ring (bicyclic) bond motifs is 1. The van der Waals surface area contributed by atoms with Crippen LogP contribution in [0, 0.1) is 0 Å². The number of hydrogen-bond acceptors (Lipinski definition) is 4. The molecular weight excluding hydrogens is 294 g/mol. The van der Waals surface area contributed by atoms with Gasteiger partial charge >= 0.3 is 0 Å². The molecule has 0 aromatic heterocycles. The molecule has 2 aromatic rings. The number of thiol groups is 1. The molecule has 0 aliphatic carbocycles. The highest BCUT2D eigenvalue weighted by Gasteiger charge is 2.32. The first kappa shape index (κ1) is 13.1. The van der Waals surface area contributed by atoms with Crippen molar-refractivity contribution in [2.75, 3.05) is 0 Å². The topological polar surface area (TPSA) is 63.6 Å². The average Bonchev–Trinajstić information content (AvgIpc) is 2.71. The van der Waals surface area contributed by atoms with Crippen LogP contribution in [0.4, 0.5) is 0 Å². The summed E-state index contributed by atoms with van der Waals surface area (Å²) in [6, 6.07) is 11.6. The molecule has 100 valence electrons. The van der Waals surface area contributed by atoms with Crippen molar-refractivity contribution in [2.24, 2.45) is 4.40 Å². The molecule has 0 bridgehead atoms. The number of sulfonamides is 1. The molecule has 0 saturated carbocycles. The number of aldehydes is 1. The van der Waals surface area contributed by atoms with Crippen LogP contribution in [0.1, 0.15) is 21.5 Å². The van der Waals surface area contributed by atoms with E-state index >= 15 is 0 Å². The lowest BCUT2D eigenvalue weighted by molar-refractivity contribution is 0.112. The Morgan fingerprint density at radius 2 is 1.80 bits per heavy atom. The van der Waals surface area contributed by atoms with Gasteiger partial charge in [-0.3, -0.25) is 4.79 Å². The van der Waals surface area contributed by atoms with E-state index in [0.717, 1.165) is 0 Å². The van der Waals surface area contributed by atoms with Crippen LogP contribution in [0.15, 0.2) is 56.7 Å². The summed E-state index contributed by atoms with van der Waals surface area (Å²) in [5.74, 6) is 0. The van der Waals surface area contributed by atoms with E-state index < -0.39 is 10.0 Å². The lowest BCUT2D eigenvalue weighted by Gasteiger charge is -2.07. The van der Waals surface area contributed by atoms with Gasteiger partial charge in [0.15, 0.2) is 6.29 Å². The van der Waals surface area contributed by atoms with Gasteiger partial charge in [0.25, 0.3) is 10.0 Å². The third-order valence-corrected chi connectivity index (χ3v) is 4.78. The summed E-state index contributed by atoms with van der Waals surface area (Å²) in [5.41, 5.74) is 1.52. The Bertz CT molecular complexity index is 854. The van der Waals surface area contributed by atoms with Crippen LogP contribution in [0.2, 0.25) is 0 Å². The first-order valence-electron chi connectivity index (χ1n) is 5.76. The van der Waals surface area contributed by atoms with Gasteiger partial charge in [0.05, 0.1) is 10.6 Å². The Kier molecular flexibility index (Phi) is 2.99. The third-order valence-electron chi connectivity index (χ3n) is 3.07. The van der Waals surface area contributed by atoms with Crippen molar-refractivity contribution in [3.63, 3.8) is 0 Å². The Labute approximate surface area is 121 Å². The molecule has 0 spiro atoms. The highest BCUT2D eigenvalue weighted by molar-refractivity contribution is 7.90. The third kappa shape index (κ3) is 1.88. The molecule has 1 aliphatic rings. The number of nitrogens with zero attached hydrogens (tertiary/aromatic N) is 1. The van der Waals surface area contributed by atoms with Gasteiger partial charge in [0.2, 0.25) is 0 Å². The summed E-state index contributed by atoms with van der Waals surface area (Å²) in [5, 5.41) is 0. The SMILES string of the molecule is O=Cc1cccc2c1C(c1ccccc1S)=NS2(=O)=O. The van der Waals surface area contributed by atoms with Crippen molar-refractivity contribution in [2.45, 2.75) is 9.79 Å². The Morgan fingerprint density at radius 1 is 1.05 bits per heavy atom. The molecular formula is C14H9NO3S2. The van der Waals surface area contributed by atoms with Crippen molar-refractivity contribution in [1.82, 2.24) is 0 Å². The van der Waals surface area contributed by atoms with Gasteiger partial charge in [0.1, 0.15) is 0 Å². The van der Waals surface area contributed by atoms with Gasteiger partial charge in [-0.2, -0.15) is 12.8 Å². The van der Waals surface area contributed by atoms with Crippen molar-refractivity contribution >= 4 is 34.6 Å². The van der Waals surface area contributed by atoms with Crippen LogP contribution >= 0.6 is 12.6 Å². The Morgan fingerprint density at radius 3 is 2.50 bits per heavy atom. The summed E-state index contributed by atoms with van der Waals surface area (Å²) in [4.78, 5) is 11.8. The van der Waals surface area contributed by atoms with Gasteiger partial charge in [-0.15, -0.1) is 12.6 Å². The first-order valence-corrected chi connectivity index (χ1v) is 7.65. The molecule has 3 rings (SSSR count). The number of benzene rings is 2. The minimum absolute atomic E-state index is 0.0636. The maximum Gasteiger partial charge on any atom is 0.283 e. The maximum atomic E-state index is 12.1. The maximum absolute atomic E-state index is 12.1. The van der Waals surface area contributed by atoms with Crippen molar-refractivity contribution < 1.29 is 13.2 Å². The Hall–Kier alpha value is -1.92. The Balaban J connectivity index is 2.38. The monoisotopic (exact) mass is 303 g/mol. The molecule has 1 heterocycles. The summed E-state index contributed by atoms with van der Waals surface area (Å²) in [6.07, 6.45) is 0.635. The van der Waals surface area contributed by atoms with Gasteiger partial charge in [0, 0.05) is 21.6 Å². The van der Waals surface area contributed by atoms with Crippen LogP contribution in [-0.2, 0) is 10.0 Å². The highest BCUT2D eigenvalue weighted by Crippen LogP contribution is 2.32. The predicted molar refractivity (Wildman–Crippen MR) is 78.3 cm³/mol. The molecule has 0 saturated heterocycles. The largest absolute Gasteiger partial charge is 0.298 e. The number of carbonyl (C=O) groups excluding carboxylic acids is 1. The zero-order chi connectivity index (χ0) is 14.3. The van der Waals surface area contributed by atoms with E-state index in [0.29, 0.717) is 27.9 Å². The summed E-state index contributed by atoms with van der Waals surface area (Å²) >= 11 is 4.32. The second kappa shape index (κ2) is 4.57. The molecule has 0 unspecified atom stereocenters. The van der Waals surface area contributed by atoms with Crippen LogP contribution in [0.3, 0.4) is 0 Å². The molecule has 2 aromatic carbocycles. The van der Waals surface area contributed by atoms with Gasteiger partial charge in [-0.05, 0) is 12.1 Å². The van der Waals surface area contributed by atoms with Crippen LogP contribution in [0.25, 0.3) is 0 Å². The zero-order valence-corrected chi connectivity index (χ0v) is 11.9. The molecule has 4 nitrogen and oxygen atoms in total. The fourth-order valence-corrected chi connectivity index (χ4v) is 3.71. The van der Waals surface area contributed by atoms with Crippen molar-refractivity contribution in [3.8, 4) is 0 Å². The molecule has 0 atom stereocenters. The van der Waals surface area contributed by atoms with E-state index in [4.69, 9.17) is 0 Å². The minimum atomic E-state index is -3.76. The summed E-state index contributed by atoms with van der Waals surface area (Å²) in [7, 11) is -3.76. The second-order valence-electron chi connectivity index (χ2n) is 4.27. The van der Waals surface area contributed by atoms with E-state index in [-0.39, 0.29) is 10.6 Å². The van der Waals surface area contributed by atoms with Gasteiger partial charge in [-0.25, -0.2) is 0 Å². The lowest BCUT2D eigenvalue weighted by Crippen LogP contribution is -2.05. The quantitative estimate of drug-likeness (QED) is 0.684. The van der Waals surface area contributed by atoms with E-state index in [1.807, 2.05) is 0 Å². The lowest BCUT2D eigenvalue weighted by atomic mass is 9.98. The van der Waals surface area contributed by atoms with E-state index in [1.54, 1.807) is 30.3 Å².